The second kappa shape index (κ2) is 12.5. The SMILES string of the molecule is CCOC(CCNC(=NC)NCCN(CCOC)C1CC1)C(C)C. The Kier molecular flexibility index (Phi) is 11.0. The van der Waals surface area contributed by atoms with Crippen molar-refractivity contribution < 1.29 is 9.47 Å². The fourth-order valence-corrected chi connectivity index (χ4v) is 2.82. The van der Waals surface area contributed by atoms with Crippen LogP contribution in [0.3, 0.4) is 0 Å². The van der Waals surface area contributed by atoms with Gasteiger partial charge in [0, 0.05) is 53.0 Å². The summed E-state index contributed by atoms with van der Waals surface area (Å²) in [6.45, 7) is 11.9. The summed E-state index contributed by atoms with van der Waals surface area (Å²) in [5.41, 5.74) is 0. The predicted molar refractivity (Wildman–Crippen MR) is 101 cm³/mol. The van der Waals surface area contributed by atoms with Crippen LogP contribution in [0, 0.1) is 5.92 Å². The summed E-state index contributed by atoms with van der Waals surface area (Å²) in [7, 11) is 3.59. The van der Waals surface area contributed by atoms with E-state index in [2.05, 4.69) is 41.3 Å². The minimum Gasteiger partial charge on any atom is -0.383 e. The Morgan fingerprint density at radius 1 is 1.21 bits per heavy atom. The molecule has 1 saturated carbocycles. The van der Waals surface area contributed by atoms with Crippen molar-refractivity contribution in [2.75, 3.05) is 53.6 Å². The number of rotatable bonds is 13. The van der Waals surface area contributed by atoms with Gasteiger partial charge in [-0.15, -0.1) is 0 Å². The molecule has 2 N–H and O–H groups in total. The smallest absolute Gasteiger partial charge is 0.191 e. The molecular formula is C18H38N4O2. The molecule has 0 bridgehead atoms. The highest BCUT2D eigenvalue weighted by atomic mass is 16.5. The van der Waals surface area contributed by atoms with Crippen LogP contribution in [0.2, 0.25) is 0 Å². The van der Waals surface area contributed by atoms with Crippen LogP contribution in [0.4, 0.5) is 0 Å². The van der Waals surface area contributed by atoms with Gasteiger partial charge in [0.1, 0.15) is 0 Å². The van der Waals surface area contributed by atoms with Crippen molar-refractivity contribution >= 4 is 5.96 Å². The van der Waals surface area contributed by atoms with E-state index in [0.717, 1.165) is 57.8 Å². The molecule has 1 atom stereocenters. The molecule has 6 nitrogen and oxygen atoms in total. The molecule has 0 aliphatic heterocycles. The van der Waals surface area contributed by atoms with Gasteiger partial charge in [-0.25, -0.2) is 0 Å². The Hall–Kier alpha value is -0.850. The summed E-state index contributed by atoms with van der Waals surface area (Å²) in [4.78, 5) is 6.81. The molecule has 0 saturated heterocycles. The number of aliphatic imine (C=N–C) groups is 1. The molecule has 0 heterocycles. The molecule has 142 valence electrons. The molecule has 1 aliphatic rings. The first-order chi connectivity index (χ1) is 11.6. The molecular weight excluding hydrogens is 304 g/mol. The maximum atomic E-state index is 5.78. The van der Waals surface area contributed by atoms with Crippen molar-refractivity contribution in [2.45, 2.75) is 52.2 Å². The summed E-state index contributed by atoms with van der Waals surface area (Å²) in [6.07, 6.45) is 3.95. The van der Waals surface area contributed by atoms with Gasteiger partial charge in [0.15, 0.2) is 5.96 Å². The summed E-state index contributed by atoms with van der Waals surface area (Å²) in [5.74, 6) is 1.41. The van der Waals surface area contributed by atoms with E-state index in [-0.39, 0.29) is 0 Å². The summed E-state index contributed by atoms with van der Waals surface area (Å²) >= 11 is 0. The van der Waals surface area contributed by atoms with Crippen molar-refractivity contribution in [3.63, 3.8) is 0 Å². The minimum absolute atomic E-state index is 0.306. The van der Waals surface area contributed by atoms with Gasteiger partial charge in [0.05, 0.1) is 12.7 Å². The van der Waals surface area contributed by atoms with Gasteiger partial charge in [-0.3, -0.25) is 9.89 Å². The number of nitrogens with zero attached hydrogens (tertiary/aromatic N) is 2. The maximum absolute atomic E-state index is 5.78. The molecule has 6 heteroatoms. The van der Waals surface area contributed by atoms with E-state index >= 15 is 0 Å². The minimum atomic E-state index is 0.306. The van der Waals surface area contributed by atoms with E-state index in [9.17, 15) is 0 Å². The van der Waals surface area contributed by atoms with Gasteiger partial charge in [0.25, 0.3) is 0 Å². The van der Waals surface area contributed by atoms with Crippen molar-refractivity contribution in [3.8, 4) is 0 Å². The van der Waals surface area contributed by atoms with Crippen LogP contribution in [0.15, 0.2) is 4.99 Å². The highest BCUT2D eigenvalue weighted by Crippen LogP contribution is 2.25. The summed E-state index contributed by atoms with van der Waals surface area (Å²) < 4.78 is 11.0. The Bertz CT molecular complexity index is 346. The monoisotopic (exact) mass is 342 g/mol. The summed E-state index contributed by atoms with van der Waals surface area (Å²) in [6, 6.07) is 0.759. The number of hydrogen-bond acceptors (Lipinski definition) is 4. The molecule has 0 amide bonds. The average molecular weight is 343 g/mol. The first-order valence-corrected chi connectivity index (χ1v) is 9.41. The summed E-state index contributed by atoms with van der Waals surface area (Å²) in [5, 5.41) is 6.80. The van der Waals surface area contributed by atoms with Crippen LogP contribution < -0.4 is 10.6 Å². The van der Waals surface area contributed by atoms with Gasteiger partial charge >= 0.3 is 0 Å². The molecule has 24 heavy (non-hydrogen) atoms. The lowest BCUT2D eigenvalue weighted by atomic mass is 10.0. The van der Waals surface area contributed by atoms with E-state index in [4.69, 9.17) is 9.47 Å². The standard InChI is InChI=1S/C18H38N4O2/c1-6-24-17(15(2)3)9-10-20-18(19-4)21-11-12-22(13-14-23-5)16-7-8-16/h15-17H,6-14H2,1-5H3,(H2,19,20,21). The van der Waals surface area contributed by atoms with Gasteiger partial charge in [0.2, 0.25) is 0 Å². The quantitative estimate of drug-likeness (QED) is 0.394. The molecule has 1 aliphatic carbocycles. The zero-order valence-electron chi connectivity index (χ0n) is 16.3. The predicted octanol–water partition coefficient (Wildman–Crippen LogP) is 1.71. The molecule has 0 radical (unpaired) electrons. The largest absolute Gasteiger partial charge is 0.383 e. The topological polar surface area (TPSA) is 58.1 Å². The number of methoxy groups -OCH3 is 1. The average Bonchev–Trinajstić information content (AvgIpc) is 3.40. The third-order valence-electron chi connectivity index (χ3n) is 4.41. The zero-order chi connectivity index (χ0) is 17.8. The molecule has 0 aromatic rings. The van der Waals surface area contributed by atoms with E-state index in [1.807, 2.05) is 7.05 Å². The third kappa shape index (κ3) is 8.85. The Balaban J connectivity index is 2.21. The lowest BCUT2D eigenvalue weighted by Gasteiger charge is -2.23. The van der Waals surface area contributed by atoms with Crippen LogP contribution in [0.25, 0.3) is 0 Å². The first-order valence-electron chi connectivity index (χ1n) is 9.41. The normalized spacial score (nSPS) is 16.7. The number of hydrogen-bond donors (Lipinski definition) is 2. The Morgan fingerprint density at radius 3 is 2.46 bits per heavy atom. The lowest BCUT2D eigenvalue weighted by Crippen LogP contribution is -2.43. The van der Waals surface area contributed by atoms with Crippen LogP contribution in [0.1, 0.15) is 40.0 Å². The molecule has 1 rings (SSSR count). The third-order valence-corrected chi connectivity index (χ3v) is 4.41. The highest BCUT2D eigenvalue weighted by molar-refractivity contribution is 5.79. The van der Waals surface area contributed by atoms with Crippen molar-refractivity contribution in [1.29, 1.82) is 0 Å². The first kappa shape index (κ1) is 21.2. The van der Waals surface area contributed by atoms with E-state index < -0.39 is 0 Å². The molecule has 0 aromatic carbocycles. The van der Waals surface area contributed by atoms with E-state index in [1.54, 1.807) is 7.11 Å². The molecule has 0 spiro atoms. The van der Waals surface area contributed by atoms with Crippen LogP contribution in [-0.4, -0.2) is 76.6 Å². The lowest BCUT2D eigenvalue weighted by molar-refractivity contribution is 0.0258. The number of ether oxygens (including phenoxy) is 2. The molecule has 0 aromatic heterocycles. The van der Waals surface area contributed by atoms with Crippen LogP contribution in [0.5, 0.6) is 0 Å². The fourth-order valence-electron chi connectivity index (χ4n) is 2.82. The van der Waals surface area contributed by atoms with Crippen molar-refractivity contribution in [3.05, 3.63) is 0 Å². The molecule has 1 unspecified atom stereocenters. The zero-order valence-corrected chi connectivity index (χ0v) is 16.3. The van der Waals surface area contributed by atoms with Gasteiger partial charge < -0.3 is 20.1 Å². The van der Waals surface area contributed by atoms with Crippen molar-refractivity contribution in [1.82, 2.24) is 15.5 Å². The highest BCUT2D eigenvalue weighted by Gasteiger charge is 2.28. The van der Waals surface area contributed by atoms with E-state index in [1.165, 1.54) is 12.8 Å². The van der Waals surface area contributed by atoms with Gasteiger partial charge in [-0.2, -0.15) is 0 Å². The number of guanidine groups is 1. The maximum Gasteiger partial charge on any atom is 0.191 e. The van der Waals surface area contributed by atoms with Gasteiger partial charge in [-0.1, -0.05) is 13.8 Å². The number of nitrogens with one attached hydrogen (secondary N) is 2. The van der Waals surface area contributed by atoms with Crippen LogP contribution in [-0.2, 0) is 9.47 Å². The Labute approximate surface area is 148 Å². The van der Waals surface area contributed by atoms with E-state index in [0.29, 0.717) is 12.0 Å². The van der Waals surface area contributed by atoms with Crippen LogP contribution >= 0.6 is 0 Å². The van der Waals surface area contributed by atoms with Gasteiger partial charge in [-0.05, 0) is 32.1 Å². The Morgan fingerprint density at radius 2 is 1.92 bits per heavy atom. The second-order valence-electron chi connectivity index (χ2n) is 6.71. The molecule has 1 fully saturated rings. The van der Waals surface area contributed by atoms with Crippen molar-refractivity contribution in [2.24, 2.45) is 10.9 Å². The second-order valence-corrected chi connectivity index (χ2v) is 6.71. The fraction of sp³-hybridized carbons (Fsp3) is 0.944.